The molecule has 1 aliphatic rings. The highest BCUT2D eigenvalue weighted by Crippen LogP contribution is 2.43. The molecule has 17 heteroatoms. The van der Waals surface area contributed by atoms with E-state index in [0.29, 0.717) is 23.6 Å². The third-order valence-corrected chi connectivity index (χ3v) is 7.89. The van der Waals surface area contributed by atoms with Crippen LogP contribution in [0.25, 0.3) is 10.4 Å². The van der Waals surface area contributed by atoms with E-state index < -0.39 is 106 Å². The number of hydrogen-bond donors (Lipinski definition) is 3. The predicted molar refractivity (Wildman–Crippen MR) is 137 cm³/mol. The Morgan fingerprint density at radius 1 is 1.21 bits per heavy atom. The molecule has 234 valence electrons. The first kappa shape index (κ1) is 33.4. The molecule has 2 aromatic heterocycles. The summed E-state index contributed by atoms with van der Waals surface area (Å²) < 4.78 is 111. The van der Waals surface area contributed by atoms with Gasteiger partial charge in [-0.1, -0.05) is 6.92 Å². The van der Waals surface area contributed by atoms with Crippen molar-refractivity contribution in [1.82, 2.24) is 20.2 Å². The van der Waals surface area contributed by atoms with Crippen LogP contribution in [0.4, 0.5) is 40.9 Å². The summed E-state index contributed by atoms with van der Waals surface area (Å²) in [7, 11) is 0. The number of rotatable bonds is 8. The van der Waals surface area contributed by atoms with Crippen LogP contribution in [-0.4, -0.2) is 74.2 Å². The van der Waals surface area contributed by atoms with Crippen molar-refractivity contribution in [3.63, 3.8) is 0 Å². The van der Waals surface area contributed by atoms with Crippen molar-refractivity contribution in [2.24, 2.45) is 0 Å². The number of nitrogens with zero attached hydrogens (tertiary/aromatic N) is 3. The maximum Gasteiger partial charge on any atom is 0.417 e. The normalized spacial score (nSPS) is 19.0. The number of alkyl halides is 8. The van der Waals surface area contributed by atoms with Gasteiger partial charge in [-0.15, -0.1) is 11.3 Å². The molecule has 8 nitrogen and oxygen atoms in total. The number of carbonyl (C=O) groups is 2. The number of aromatic nitrogens is 2. The minimum absolute atomic E-state index is 0.334. The summed E-state index contributed by atoms with van der Waals surface area (Å²) in [6, 6.07) is -3.77. The summed E-state index contributed by atoms with van der Waals surface area (Å²) in [6.07, 6.45) is -10.6. The van der Waals surface area contributed by atoms with Crippen LogP contribution >= 0.6 is 11.3 Å². The maximum atomic E-state index is 14.2. The number of aliphatic hydroxyl groups is 1. The number of anilines is 1. The number of carbonyl (C=O) groups excluding carboxylic acids is 2. The third-order valence-electron chi connectivity index (χ3n) is 6.80. The first-order valence-electron chi connectivity index (χ1n) is 12.7. The Morgan fingerprint density at radius 3 is 2.31 bits per heavy atom. The SMILES string of the molecule is CC[C@H](Nc1cc(C(F)(F)F)c(-c2sc(C(=O)N[C@@H](C)C(C)(C)O)nc2C(=O)N2CC(F)(F)C[C@@H]2C)cn1)C(F)(F)F. The lowest BCUT2D eigenvalue weighted by Crippen LogP contribution is -2.47. The number of amides is 2. The minimum atomic E-state index is -5.18. The molecule has 1 saturated heterocycles. The fourth-order valence-electron chi connectivity index (χ4n) is 4.14. The lowest BCUT2D eigenvalue weighted by molar-refractivity contribution is -0.142. The fraction of sp³-hybridized carbons (Fsp3) is 0.600. The monoisotopic (exact) mass is 631 g/mol. The van der Waals surface area contributed by atoms with Crippen molar-refractivity contribution in [2.75, 3.05) is 11.9 Å². The van der Waals surface area contributed by atoms with Gasteiger partial charge >= 0.3 is 12.4 Å². The number of thiazole rings is 1. The first-order chi connectivity index (χ1) is 19.0. The molecule has 0 radical (unpaired) electrons. The second-order valence-electron chi connectivity index (χ2n) is 10.6. The number of pyridine rings is 1. The van der Waals surface area contributed by atoms with E-state index in [0.717, 1.165) is 4.90 Å². The average molecular weight is 632 g/mol. The standard InChI is InChI=1S/C25H29F8N5O3S/c1-6-15(25(31,32)33)36-16-7-14(24(28,29)30)13(9-34-16)18-17(21(40)38-10-23(26,27)8-11(38)2)37-20(42-18)19(39)35-12(3)22(4,5)41/h7,9,11-12,15,41H,6,8,10H2,1-5H3,(H,34,36)(H,35,39)/t11-,12-,15-/m0/s1. The van der Waals surface area contributed by atoms with E-state index in [2.05, 4.69) is 15.3 Å². The Kier molecular flexibility index (Phi) is 9.18. The summed E-state index contributed by atoms with van der Waals surface area (Å²) in [5.74, 6) is -6.16. The summed E-state index contributed by atoms with van der Waals surface area (Å²) in [5, 5.41) is 14.0. The van der Waals surface area contributed by atoms with Gasteiger partial charge in [0.2, 0.25) is 0 Å². The van der Waals surface area contributed by atoms with Gasteiger partial charge in [0, 0.05) is 24.2 Å². The molecule has 0 saturated carbocycles. The van der Waals surface area contributed by atoms with Crippen molar-refractivity contribution in [3.05, 3.63) is 28.5 Å². The van der Waals surface area contributed by atoms with Crippen LogP contribution < -0.4 is 10.6 Å². The Bertz CT molecular complexity index is 1320. The molecule has 2 amide bonds. The molecule has 3 rings (SSSR count). The Labute approximate surface area is 239 Å². The van der Waals surface area contributed by atoms with Gasteiger partial charge in [0.15, 0.2) is 5.01 Å². The van der Waals surface area contributed by atoms with Crippen molar-refractivity contribution in [1.29, 1.82) is 0 Å². The second kappa shape index (κ2) is 11.5. The van der Waals surface area contributed by atoms with Crippen LogP contribution in [0.5, 0.6) is 0 Å². The number of hydrogen-bond acceptors (Lipinski definition) is 7. The van der Waals surface area contributed by atoms with Crippen LogP contribution in [0.15, 0.2) is 12.3 Å². The Morgan fingerprint density at radius 2 is 1.83 bits per heavy atom. The lowest BCUT2D eigenvalue weighted by atomic mass is 10.0. The zero-order chi connectivity index (χ0) is 32.0. The molecule has 0 spiro atoms. The highest BCUT2D eigenvalue weighted by atomic mass is 32.1. The molecular weight excluding hydrogens is 602 g/mol. The average Bonchev–Trinajstić information content (AvgIpc) is 3.40. The Hall–Kier alpha value is -3.08. The van der Waals surface area contributed by atoms with E-state index in [1.165, 1.54) is 34.6 Å². The van der Waals surface area contributed by atoms with E-state index in [1.807, 2.05) is 5.32 Å². The molecule has 0 unspecified atom stereocenters. The topological polar surface area (TPSA) is 107 Å². The molecular formula is C25H29F8N5O3S. The molecule has 1 fully saturated rings. The quantitative estimate of drug-likeness (QED) is 0.321. The molecule has 3 atom stereocenters. The summed E-state index contributed by atoms with van der Waals surface area (Å²) in [6.45, 7) is 5.66. The van der Waals surface area contributed by atoms with Crippen LogP contribution in [-0.2, 0) is 6.18 Å². The fourth-order valence-corrected chi connectivity index (χ4v) is 5.13. The van der Waals surface area contributed by atoms with Crippen molar-refractivity contribution < 1.29 is 49.8 Å². The lowest BCUT2D eigenvalue weighted by Gasteiger charge is -2.26. The third kappa shape index (κ3) is 7.46. The second-order valence-corrected chi connectivity index (χ2v) is 11.6. The van der Waals surface area contributed by atoms with Gasteiger partial charge in [0.05, 0.1) is 28.6 Å². The van der Waals surface area contributed by atoms with E-state index in [9.17, 15) is 49.8 Å². The summed E-state index contributed by atoms with van der Waals surface area (Å²) >= 11 is 0.340. The van der Waals surface area contributed by atoms with Gasteiger partial charge in [-0.2, -0.15) is 26.3 Å². The molecule has 3 N–H and O–H groups in total. The maximum absolute atomic E-state index is 14.2. The van der Waals surface area contributed by atoms with Gasteiger partial charge in [-0.3, -0.25) is 9.59 Å². The van der Waals surface area contributed by atoms with E-state index >= 15 is 0 Å². The van der Waals surface area contributed by atoms with Crippen molar-refractivity contribution >= 4 is 29.0 Å². The number of halogens is 8. The van der Waals surface area contributed by atoms with Crippen LogP contribution in [0.2, 0.25) is 0 Å². The zero-order valence-corrected chi connectivity index (χ0v) is 23.9. The smallest absolute Gasteiger partial charge is 0.388 e. The molecule has 2 aromatic rings. The van der Waals surface area contributed by atoms with Crippen LogP contribution in [0.3, 0.4) is 0 Å². The minimum Gasteiger partial charge on any atom is -0.388 e. The summed E-state index contributed by atoms with van der Waals surface area (Å²) in [5.41, 5.74) is -4.44. The molecule has 1 aliphatic heterocycles. The molecule has 3 heterocycles. The van der Waals surface area contributed by atoms with Gasteiger partial charge < -0.3 is 20.6 Å². The molecule has 42 heavy (non-hydrogen) atoms. The highest BCUT2D eigenvalue weighted by Gasteiger charge is 2.47. The first-order valence-corrected chi connectivity index (χ1v) is 13.5. The van der Waals surface area contributed by atoms with E-state index in [4.69, 9.17) is 0 Å². The summed E-state index contributed by atoms with van der Waals surface area (Å²) in [4.78, 5) is 34.1. The van der Waals surface area contributed by atoms with Crippen molar-refractivity contribution in [3.8, 4) is 10.4 Å². The van der Waals surface area contributed by atoms with Crippen LogP contribution in [0.1, 0.15) is 73.3 Å². The largest absolute Gasteiger partial charge is 0.417 e. The van der Waals surface area contributed by atoms with E-state index in [1.54, 1.807) is 0 Å². The van der Waals surface area contributed by atoms with Gasteiger partial charge in [-0.05, 0) is 40.2 Å². The van der Waals surface area contributed by atoms with Gasteiger partial charge in [-0.25, -0.2) is 18.7 Å². The predicted octanol–water partition coefficient (Wildman–Crippen LogP) is 5.74. The van der Waals surface area contributed by atoms with Crippen LogP contribution in [0, 0.1) is 0 Å². The molecule has 0 aliphatic carbocycles. The molecule has 0 bridgehead atoms. The highest BCUT2D eigenvalue weighted by molar-refractivity contribution is 7.17. The Balaban J connectivity index is 2.17. The zero-order valence-electron chi connectivity index (χ0n) is 23.0. The number of nitrogens with one attached hydrogen (secondary N) is 2. The van der Waals surface area contributed by atoms with Gasteiger partial charge in [0.1, 0.15) is 17.6 Å². The number of likely N-dealkylation sites (tertiary alicyclic amines) is 1. The van der Waals surface area contributed by atoms with Crippen molar-refractivity contribution in [2.45, 2.75) is 89.5 Å². The molecule has 0 aromatic carbocycles. The van der Waals surface area contributed by atoms with E-state index in [-0.39, 0.29) is 0 Å². The van der Waals surface area contributed by atoms with Gasteiger partial charge in [0.25, 0.3) is 17.7 Å².